The Morgan fingerprint density at radius 1 is 1.00 bits per heavy atom. The fourth-order valence-corrected chi connectivity index (χ4v) is 10.9. The lowest BCUT2D eigenvalue weighted by Crippen LogP contribution is -2.73. The van der Waals surface area contributed by atoms with E-state index in [2.05, 4.69) is 34.6 Å². The number of carbonyl (C=O) groups is 1. The Bertz CT molecular complexity index is 940. The molecule has 1 saturated heterocycles. The zero-order valence-corrected chi connectivity index (χ0v) is 23.7. The summed E-state index contributed by atoms with van der Waals surface area (Å²) in [4.78, 5) is 12.9. The molecule has 4 N–H and O–H groups in total. The average molecular weight is 507 g/mol. The molecule has 6 heteroatoms. The summed E-state index contributed by atoms with van der Waals surface area (Å²) in [6, 6.07) is 0. The second-order valence-corrected chi connectivity index (χ2v) is 15.4. The van der Waals surface area contributed by atoms with Gasteiger partial charge in [0.25, 0.3) is 0 Å². The number of Topliss-reactive ketones (excluding diaryl/α,β-unsaturated/α-hetero) is 1. The fraction of sp³-hybridized carbons (Fsp3) is 0.967. The molecule has 36 heavy (non-hydrogen) atoms. The minimum atomic E-state index is -1.41. The second kappa shape index (κ2) is 7.56. The molecule has 0 aromatic heterocycles. The van der Waals surface area contributed by atoms with Gasteiger partial charge in [-0.1, -0.05) is 41.5 Å². The molecule has 0 aromatic carbocycles. The summed E-state index contributed by atoms with van der Waals surface area (Å²) in [5.41, 5.74) is -5.15. The van der Waals surface area contributed by atoms with Crippen molar-refractivity contribution in [3.8, 4) is 0 Å². The largest absolute Gasteiger partial charge is 0.388 e. The first kappa shape index (κ1) is 27.1. The number of aliphatic hydroxyl groups is 4. The quantitative estimate of drug-likeness (QED) is 0.451. The molecule has 0 unspecified atom stereocenters. The summed E-state index contributed by atoms with van der Waals surface area (Å²) in [5, 5.41) is 46.3. The molecule has 6 nitrogen and oxygen atoms in total. The van der Waals surface area contributed by atoms with Crippen LogP contribution in [0.5, 0.6) is 0 Å². The molecule has 11 atom stereocenters. The molecule has 206 valence electrons. The molecule has 4 aliphatic carbocycles. The Morgan fingerprint density at radius 2 is 1.61 bits per heavy atom. The number of ketones is 1. The van der Waals surface area contributed by atoms with E-state index in [0.29, 0.717) is 43.3 Å². The number of hydrogen-bond acceptors (Lipinski definition) is 6. The topological polar surface area (TPSA) is 107 Å². The van der Waals surface area contributed by atoms with Gasteiger partial charge in [-0.2, -0.15) is 0 Å². The number of carbonyl (C=O) groups excluding carboxylic acids is 1. The standard InChI is InChI=1S/C30H50O6/c1-17-15-18(23(32)25(4,5)33)36-22-16-28(8)27(7)13-9-19-24(2,3)21(31)11-12-26(19,6)20(27)10-14-29(28,34)30(17,22)35/h17-20,22-23,32-35H,9-16H2,1-8H3/t17-,18-,19-,20+,22-,23+,26+,27-,28-,29+,30-/m1/s1. The monoisotopic (exact) mass is 506 g/mol. The highest BCUT2D eigenvalue weighted by molar-refractivity contribution is 5.85. The smallest absolute Gasteiger partial charge is 0.138 e. The van der Waals surface area contributed by atoms with Gasteiger partial charge in [-0.05, 0) is 87.4 Å². The van der Waals surface area contributed by atoms with Gasteiger partial charge in [-0.15, -0.1) is 0 Å². The van der Waals surface area contributed by atoms with Crippen LogP contribution in [0, 0.1) is 39.4 Å². The molecule has 0 amide bonds. The van der Waals surface area contributed by atoms with Gasteiger partial charge in [0, 0.05) is 17.3 Å². The van der Waals surface area contributed by atoms with E-state index in [9.17, 15) is 25.2 Å². The third-order valence-corrected chi connectivity index (χ3v) is 13.3. The van der Waals surface area contributed by atoms with E-state index in [0.717, 1.165) is 25.7 Å². The fourth-order valence-electron chi connectivity index (χ4n) is 10.9. The summed E-state index contributed by atoms with van der Waals surface area (Å²) in [6.07, 6.45) is 3.36. The average Bonchev–Trinajstić information content (AvgIpc) is 2.95. The molecule has 0 spiro atoms. The second-order valence-electron chi connectivity index (χ2n) is 15.4. The molecule has 4 saturated carbocycles. The highest BCUT2D eigenvalue weighted by Gasteiger charge is 2.80. The number of rotatable bonds is 2. The maximum Gasteiger partial charge on any atom is 0.138 e. The molecular formula is C30H50O6. The number of hydrogen-bond donors (Lipinski definition) is 4. The van der Waals surface area contributed by atoms with Gasteiger partial charge in [-0.25, -0.2) is 0 Å². The van der Waals surface area contributed by atoms with Crippen molar-refractivity contribution in [2.75, 3.05) is 0 Å². The van der Waals surface area contributed by atoms with E-state index in [-0.39, 0.29) is 22.2 Å². The first-order valence-corrected chi connectivity index (χ1v) is 14.3. The van der Waals surface area contributed by atoms with E-state index >= 15 is 0 Å². The number of ether oxygens (including phenoxy) is 1. The van der Waals surface area contributed by atoms with Crippen LogP contribution in [-0.4, -0.2) is 61.3 Å². The molecule has 1 heterocycles. The first-order valence-electron chi connectivity index (χ1n) is 14.3. The van der Waals surface area contributed by atoms with Gasteiger partial charge in [0.2, 0.25) is 0 Å². The lowest BCUT2D eigenvalue weighted by molar-refractivity contribution is -0.308. The van der Waals surface area contributed by atoms with E-state index in [1.165, 1.54) is 0 Å². The Hall–Kier alpha value is -0.530. The van der Waals surface area contributed by atoms with Crippen LogP contribution in [0.4, 0.5) is 0 Å². The van der Waals surface area contributed by atoms with Crippen LogP contribution in [0.1, 0.15) is 107 Å². The van der Waals surface area contributed by atoms with Crippen LogP contribution >= 0.6 is 0 Å². The third-order valence-electron chi connectivity index (χ3n) is 13.3. The number of aliphatic hydroxyl groups excluding tert-OH is 1. The van der Waals surface area contributed by atoms with Gasteiger partial charge >= 0.3 is 0 Å². The Kier molecular flexibility index (Phi) is 5.68. The van der Waals surface area contributed by atoms with Crippen LogP contribution < -0.4 is 0 Å². The highest BCUT2D eigenvalue weighted by Crippen LogP contribution is 2.77. The molecule has 5 aliphatic rings. The van der Waals surface area contributed by atoms with Crippen molar-refractivity contribution in [1.29, 1.82) is 0 Å². The van der Waals surface area contributed by atoms with Crippen molar-refractivity contribution in [1.82, 2.24) is 0 Å². The Morgan fingerprint density at radius 3 is 2.22 bits per heavy atom. The molecule has 0 bridgehead atoms. The molecule has 0 aromatic rings. The van der Waals surface area contributed by atoms with Crippen LogP contribution in [-0.2, 0) is 9.53 Å². The molecule has 1 aliphatic heterocycles. The van der Waals surface area contributed by atoms with Crippen molar-refractivity contribution < 1.29 is 30.0 Å². The lowest BCUT2D eigenvalue weighted by Gasteiger charge is -2.71. The van der Waals surface area contributed by atoms with Gasteiger partial charge < -0.3 is 25.2 Å². The highest BCUT2D eigenvalue weighted by atomic mass is 16.5. The predicted molar refractivity (Wildman–Crippen MR) is 137 cm³/mol. The zero-order valence-electron chi connectivity index (χ0n) is 23.7. The minimum absolute atomic E-state index is 0.0112. The lowest BCUT2D eigenvalue weighted by atomic mass is 9.34. The summed E-state index contributed by atoms with van der Waals surface area (Å²) >= 11 is 0. The zero-order chi connectivity index (χ0) is 26.9. The summed E-state index contributed by atoms with van der Waals surface area (Å²) in [5.74, 6) is 0.765. The summed E-state index contributed by atoms with van der Waals surface area (Å²) in [7, 11) is 0. The molecule has 5 rings (SSSR count). The van der Waals surface area contributed by atoms with Gasteiger partial charge in [0.15, 0.2) is 0 Å². The van der Waals surface area contributed by atoms with Crippen LogP contribution in [0.15, 0.2) is 0 Å². The predicted octanol–water partition coefficient (Wildman–Crippen LogP) is 4.01. The van der Waals surface area contributed by atoms with E-state index in [4.69, 9.17) is 4.74 Å². The van der Waals surface area contributed by atoms with E-state index in [1.807, 2.05) is 6.92 Å². The maximum atomic E-state index is 12.9. The maximum absolute atomic E-state index is 12.9. The van der Waals surface area contributed by atoms with Crippen LogP contribution in [0.2, 0.25) is 0 Å². The minimum Gasteiger partial charge on any atom is -0.388 e. The van der Waals surface area contributed by atoms with E-state index in [1.54, 1.807) is 13.8 Å². The van der Waals surface area contributed by atoms with Gasteiger partial charge in [0.05, 0.1) is 17.8 Å². The third kappa shape index (κ3) is 2.94. The molecule has 0 radical (unpaired) electrons. The van der Waals surface area contributed by atoms with E-state index < -0.39 is 40.5 Å². The van der Waals surface area contributed by atoms with Crippen molar-refractivity contribution >= 4 is 5.78 Å². The summed E-state index contributed by atoms with van der Waals surface area (Å²) < 4.78 is 6.43. The SMILES string of the molecule is C[C@@H]1C[C@H]([C@H](O)C(C)(C)O)O[C@@H]2C[C@@]3(C)[C@@](O)(CC[C@H]4[C@@]5(C)CCC(=O)C(C)(C)[C@H]5CC[C@]43C)[C@@]12O. The summed E-state index contributed by atoms with van der Waals surface area (Å²) in [6.45, 7) is 16.3. The van der Waals surface area contributed by atoms with Crippen molar-refractivity contribution in [3.05, 3.63) is 0 Å². The van der Waals surface area contributed by atoms with Crippen LogP contribution in [0.3, 0.4) is 0 Å². The van der Waals surface area contributed by atoms with Crippen LogP contribution in [0.25, 0.3) is 0 Å². The van der Waals surface area contributed by atoms with Gasteiger partial charge in [-0.3, -0.25) is 4.79 Å². The first-order chi connectivity index (χ1) is 16.3. The Balaban J connectivity index is 1.55. The molecule has 5 fully saturated rings. The van der Waals surface area contributed by atoms with Crippen molar-refractivity contribution in [2.45, 2.75) is 142 Å². The van der Waals surface area contributed by atoms with Crippen molar-refractivity contribution in [3.63, 3.8) is 0 Å². The number of fused-ring (bicyclic) bond motifs is 7. The normalized spacial score (nSPS) is 55.2. The Labute approximate surface area is 217 Å². The molecular weight excluding hydrogens is 456 g/mol. The van der Waals surface area contributed by atoms with Gasteiger partial charge in [0.1, 0.15) is 23.1 Å². The van der Waals surface area contributed by atoms with Crippen molar-refractivity contribution in [2.24, 2.45) is 39.4 Å².